The van der Waals surface area contributed by atoms with Crippen LogP contribution < -0.4 is 5.32 Å². The molecular weight excluding hydrogens is 242 g/mol. The largest absolute Gasteiger partial charge is 0.311 e. The molecule has 1 unspecified atom stereocenters. The molecule has 0 spiro atoms. The van der Waals surface area contributed by atoms with Crippen molar-refractivity contribution < 1.29 is 8.42 Å². The molecule has 1 N–H and O–H groups in total. The van der Waals surface area contributed by atoms with Gasteiger partial charge in [-0.1, -0.05) is 0 Å². The third-order valence-electron chi connectivity index (χ3n) is 2.93. The van der Waals surface area contributed by atoms with E-state index >= 15 is 0 Å². The zero-order chi connectivity index (χ0) is 11.6. The Bertz CT molecular complexity index is 450. The number of aryl methyl sites for hydroxylation is 1. The topological polar surface area (TPSA) is 46.2 Å². The van der Waals surface area contributed by atoms with Crippen molar-refractivity contribution in [2.75, 3.05) is 12.3 Å². The highest BCUT2D eigenvalue weighted by Gasteiger charge is 2.30. The fraction of sp³-hybridized carbons (Fsp3) is 0.636. The van der Waals surface area contributed by atoms with E-state index in [-0.39, 0.29) is 5.25 Å². The predicted octanol–water partition coefficient (Wildman–Crippen LogP) is 1.72. The van der Waals surface area contributed by atoms with Crippen LogP contribution in [0.4, 0.5) is 0 Å². The minimum absolute atomic E-state index is 0.159. The number of hydrogen-bond donors (Lipinski definition) is 1. The normalized spacial score (nSPS) is 23.7. The van der Waals surface area contributed by atoms with Gasteiger partial charge >= 0.3 is 0 Å². The van der Waals surface area contributed by atoms with E-state index in [4.69, 9.17) is 0 Å². The van der Waals surface area contributed by atoms with E-state index in [0.29, 0.717) is 12.3 Å². The Kier molecular flexibility index (Phi) is 3.66. The fourth-order valence-corrected chi connectivity index (χ4v) is 4.68. The Labute approximate surface area is 101 Å². The Morgan fingerprint density at radius 3 is 2.88 bits per heavy atom. The number of rotatable bonds is 4. The van der Waals surface area contributed by atoms with Crippen LogP contribution in [0.3, 0.4) is 0 Å². The van der Waals surface area contributed by atoms with Gasteiger partial charge < -0.3 is 5.32 Å². The molecule has 0 aliphatic carbocycles. The molecule has 0 aromatic carbocycles. The molecule has 0 amide bonds. The quantitative estimate of drug-likeness (QED) is 0.895. The Morgan fingerprint density at radius 1 is 1.50 bits per heavy atom. The lowest BCUT2D eigenvalue weighted by Crippen LogP contribution is -2.29. The first-order valence-electron chi connectivity index (χ1n) is 5.55. The van der Waals surface area contributed by atoms with Crippen LogP contribution in [0, 0.1) is 6.92 Å². The first-order chi connectivity index (χ1) is 7.58. The second kappa shape index (κ2) is 4.85. The van der Waals surface area contributed by atoms with E-state index in [0.717, 1.165) is 19.4 Å². The summed E-state index contributed by atoms with van der Waals surface area (Å²) in [5, 5.41) is 3.09. The molecule has 0 radical (unpaired) electrons. The van der Waals surface area contributed by atoms with Crippen LogP contribution in [0.25, 0.3) is 0 Å². The lowest BCUT2D eigenvalue weighted by molar-refractivity contribution is 0.575. The number of nitrogens with one attached hydrogen (secondary N) is 1. The van der Waals surface area contributed by atoms with Gasteiger partial charge in [-0.15, -0.1) is 11.3 Å². The van der Waals surface area contributed by atoms with Crippen LogP contribution in [0.2, 0.25) is 0 Å². The lowest BCUT2D eigenvalue weighted by atomic mass is 10.2. The zero-order valence-electron chi connectivity index (χ0n) is 9.40. The van der Waals surface area contributed by atoms with E-state index in [1.165, 1.54) is 9.75 Å². The Balaban J connectivity index is 1.80. The molecular formula is C11H17NO2S2. The van der Waals surface area contributed by atoms with Crippen molar-refractivity contribution in [1.29, 1.82) is 0 Å². The minimum Gasteiger partial charge on any atom is -0.311 e. The minimum atomic E-state index is -2.80. The second-order valence-corrected chi connectivity index (χ2v) is 8.05. The van der Waals surface area contributed by atoms with E-state index in [2.05, 4.69) is 24.4 Å². The van der Waals surface area contributed by atoms with Gasteiger partial charge in [0.15, 0.2) is 9.84 Å². The molecule has 1 aromatic rings. The van der Waals surface area contributed by atoms with Crippen molar-refractivity contribution in [3.8, 4) is 0 Å². The van der Waals surface area contributed by atoms with Crippen molar-refractivity contribution in [2.45, 2.75) is 31.6 Å². The average Bonchev–Trinajstić information content (AvgIpc) is 2.74. The lowest BCUT2D eigenvalue weighted by Gasteiger charge is -2.09. The van der Waals surface area contributed by atoms with Gasteiger partial charge in [-0.2, -0.15) is 0 Å². The summed E-state index contributed by atoms with van der Waals surface area (Å²) in [5.41, 5.74) is 0. The van der Waals surface area contributed by atoms with Crippen molar-refractivity contribution in [2.24, 2.45) is 0 Å². The summed E-state index contributed by atoms with van der Waals surface area (Å²) in [6, 6.07) is 4.18. The van der Waals surface area contributed by atoms with Crippen LogP contribution in [-0.4, -0.2) is 26.0 Å². The molecule has 1 fully saturated rings. The third kappa shape index (κ3) is 2.84. The van der Waals surface area contributed by atoms with Gasteiger partial charge in [-0.05, 0) is 31.9 Å². The Hall–Kier alpha value is -0.390. The molecule has 5 heteroatoms. The van der Waals surface area contributed by atoms with E-state index in [1.54, 1.807) is 11.3 Å². The van der Waals surface area contributed by atoms with E-state index < -0.39 is 9.84 Å². The van der Waals surface area contributed by atoms with Gasteiger partial charge in [0.25, 0.3) is 0 Å². The number of hydrogen-bond acceptors (Lipinski definition) is 4. The average molecular weight is 259 g/mol. The summed E-state index contributed by atoms with van der Waals surface area (Å²) >= 11 is 1.76. The molecule has 0 saturated carbocycles. The molecule has 1 aromatic heterocycles. The van der Waals surface area contributed by atoms with Gasteiger partial charge in [0, 0.05) is 22.8 Å². The van der Waals surface area contributed by atoms with Gasteiger partial charge in [0.2, 0.25) is 0 Å². The molecule has 1 saturated heterocycles. The predicted molar refractivity (Wildman–Crippen MR) is 67.6 cm³/mol. The highest BCUT2D eigenvalue weighted by Crippen LogP contribution is 2.19. The maximum Gasteiger partial charge on any atom is 0.154 e. The molecule has 0 bridgehead atoms. The fourth-order valence-electron chi connectivity index (χ4n) is 2.02. The molecule has 90 valence electrons. The van der Waals surface area contributed by atoms with Gasteiger partial charge in [0.1, 0.15) is 0 Å². The first-order valence-corrected chi connectivity index (χ1v) is 8.09. The van der Waals surface area contributed by atoms with Crippen LogP contribution in [0.15, 0.2) is 12.1 Å². The summed E-state index contributed by atoms with van der Waals surface area (Å²) < 4.78 is 23.1. The first kappa shape index (κ1) is 12.1. The summed E-state index contributed by atoms with van der Waals surface area (Å²) in [6.45, 7) is 3.46. The molecule has 16 heavy (non-hydrogen) atoms. The van der Waals surface area contributed by atoms with Crippen LogP contribution in [0.1, 0.15) is 22.6 Å². The smallest absolute Gasteiger partial charge is 0.154 e. The summed E-state index contributed by atoms with van der Waals surface area (Å²) in [4.78, 5) is 2.57. The van der Waals surface area contributed by atoms with Crippen LogP contribution in [-0.2, 0) is 16.4 Å². The molecule has 3 nitrogen and oxygen atoms in total. The summed E-state index contributed by atoms with van der Waals surface area (Å²) in [6.07, 6.45) is 1.64. The monoisotopic (exact) mass is 259 g/mol. The Morgan fingerprint density at radius 2 is 2.31 bits per heavy atom. The maximum absolute atomic E-state index is 11.6. The molecule has 1 aliphatic rings. The van der Waals surface area contributed by atoms with Crippen molar-refractivity contribution >= 4 is 21.2 Å². The third-order valence-corrected chi connectivity index (χ3v) is 6.21. The van der Waals surface area contributed by atoms with Gasteiger partial charge in [-0.3, -0.25) is 0 Å². The number of sulfone groups is 1. The second-order valence-electron chi connectivity index (χ2n) is 4.27. The van der Waals surface area contributed by atoms with Crippen molar-refractivity contribution in [3.63, 3.8) is 0 Å². The van der Waals surface area contributed by atoms with Crippen molar-refractivity contribution in [3.05, 3.63) is 21.9 Å². The molecule has 2 heterocycles. The standard InChI is InChI=1S/C11H17NO2S2/c1-9-4-5-10(15-9)7-12-8-11-3-2-6-16(11,13)14/h4-5,11-12H,2-3,6-8H2,1H3. The molecule has 1 aliphatic heterocycles. The highest BCUT2D eigenvalue weighted by molar-refractivity contribution is 7.92. The van der Waals surface area contributed by atoms with E-state index in [1.807, 2.05) is 0 Å². The summed E-state index contributed by atoms with van der Waals surface area (Å²) in [5.74, 6) is 0.372. The zero-order valence-corrected chi connectivity index (χ0v) is 11.0. The molecule has 2 rings (SSSR count). The van der Waals surface area contributed by atoms with Gasteiger partial charge in [0.05, 0.1) is 11.0 Å². The van der Waals surface area contributed by atoms with Crippen LogP contribution in [0.5, 0.6) is 0 Å². The van der Waals surface area contributed by atoms with E-state index in [9.17, 15) is 8.42 Å². The SMILES string of the molecule is Cc1ccc(CNCC2CCCS2(=O)=O)s1. The van der Waals surface area contributed by atoms with Crippen LogP contribution >= 0.6 is 11.3 Å². The van der Waals surface area contributed by atoms with Gasteiger partial charge in [-0.25, -0.2) is 8.42 Å². The highest BCUT2D eigenvalue weighted by atomic mass is 32.2. The summed E-state index contributed by atoms with van der Waals surface area (Å²) in [7, 11) is -2.80. The maximum atomic E-state index is 11.6. The van der Waals surface area contributed by atoms with Crippen molar-refractivity contribution in [1.82, 2.24) is 5.32 Å². The number of thiophene rings is 1. The molecule has 1 atom stereocenters.